The van der Waals surface area contributed by atoms with Crippen LogP contribution in [0.2, 0.25) is 0 Å². The molecule has 0 aliphatic heterocycles. The summed E-state index contributed by atoms with van der Waals surface area (Å²) in [5.41, 5.74) is 7.90. The third-order valence-corrected chi connectivity index (χ3v) is 3.11. The summed E-state index contributed by atoms with van der Waals surface area (Å²) in [6.07, 6.45) is 3.32. The number of aryl methyl sites for hydroxylation is 2. The van der Waals surface area contributed by atoms with E-state index in [1.165, 1.54) is 33.4 Å². The van der Waals surface area contributed by atoms with Gasteiger partial charge in [-0.05, 0) is 56.4 Å². The molecule has 0 nitrogen and oxygen atoms in total. The largest absolute Gasteiger partial charge is 0.0958 e. The highest BCUT2D eigenvalue weighted by atomic mass is 14.1. The first-order valence-corrected chi connectivity index (χ1v) is 5.90. The molecule has 0 saturated carbocycles. The van der Waals surface area contributed by atoms with Gasteiger partial charge in [-0.1, -0.05) is 42.8 Å². The Kier molecular flexibility index (Phi) is 4.12. The van der Waals surface area contributed by atoms with Crippen molar-refractivity contribution in [2.75, 3.05) is 0 Å². The van der Waals surface area contributed by atoms with Crippen LogP contribution in [0.25, 0.3) is 6.08 Å². The maximum absolute atomic E-state index is 4.03. The lowest BCUT2D eigenvalue weighted by Gasteiger charge is -2.10. The first-order valence-electron chi connectivity index (χ1n) is 5.90. The van der Waals surface area contributed by atoms with Crippen molar-refractivity contribution >= 4 is 6.08 Å². The van der Waals surface area contributed by atoms with Crippen LogP contribution in [0.15, 0.2) is 29.9 Å². The Labute approximate surface area is 99.7 Å². The Morgan fingerprint density at radius 2 is 1.88 bits per heavy atom. The summed E-state index contributed by atoms with van der Waals surface area (Å²) in [6, 6.07) is 4.49. The molecule has 86 valence electrons. The monoisotopic (exact) mass is 214 g/mol. The van der Waals surface area contributed by atoms with Crippen LogP contribution in [-0.4, -0.2) is 0 Å². The molecule has 0 aliphatic rings. The molecular formula is C16H22. The smallest absolute Gasteiger partial charge is 0.0219 e. The lowest BCUT2D eigenvalue weighted by Crippen LogP contribution is -1.90. The normalized spacial score (nSPS) is 11.7. The molecule has 0 aromatic heterocycles. The van der Waals surface area contributed by atoms with Gasteiger partial charge in [-0.25, -0.2) is 0 Å². The fourth-order valence-corrected chi connectivity index (χ4v) is 1.94. The zero-order chi connectivity index (χ0) is 12.3. The molecule has 16 heavy (non-hydrogen) atoms. The molecule has 0 heteroatoms. The molecule has 0 radical (unpaired) electrons. The van der Waals surface area contributed by atoms with Crippen LogP contribution in [0.1, 0.15) is 42.5 Å². The first-order chi connectivity index (χ1) is 7.45. The van der Waals surface area contributed by atoms with Gasteiger partial charge in [0, 0.05) is 0 Å². The maximum Gasteiger partial charge on any atom is -0.0219 e. The summed E-state index contributed by atoms with van der Waals surface area (Å²) >= 11 is 0. The van der Waals surface area contributed by atoms with Gasteiger partial charge >= 0.3 is 0 Å². The third-order valence-electron chi connectivity index (χ3n) is 3.11. The highest BCUT2D eigenvalue weighted by Gasteiger charge is 2.02. The second-order valence-electron chi connectivity index (χ2n) is 4.60. The van der Waals surface area contributed by atoms with Crippen molar-refractivity contribution < 1.29 is 0 Å². The highest BCUT2D eigenvalue weighted by molar-refractivity contribution is 5.62. The predicted molar refractivity (Wildman–Crippen MR) is 73.7 cm³/mol. The van der Waals surface area contributed by atoms with Crippen molar-refractivity contribution in [1.29, 1.82) is 0 Å². The molecule has 0 fully saturated rings. The Balaban J connectivity index is 3.28. The van der Waals surface area contributed by atoms with E-state index in [9.17, 15) is 0 Å². The molecule has 0 saturated heterocycles. The van der Waals surface area contributed by atoms with Gasteiger partial charge in [0.25, 0.3) is 0 Å². The second kappa shape index (κ2) is 5.16. The van der Waals surface area contributed by atoms with Gasteiger partial charge in [-0.15, -0.1) is 0 Å². The number of hydrogen-bond donors (Lipinski definition) is 0. The van der Waals surface area contributed by atoms with Gasteiger partial charge < -0.3 is 0 Å². The quantitative estimate of drug-likeness (QED) is 0.622. The molecule has 0 spiro atoms. The average molecular weight is 214 g/mol. The van der Waals surface area contributed by atoms with Crippen LogP contribution in [0, 0.1) is 20.8 Å². The highest BCUT2D eigenvalue weighted by Crippen LogP contribution is 2.22. The summed E-state index contributed by atoms with van der Waals surface area (Å²) in [6.45, 7) is 14.8. The van der Waals surface area contributed by atoms with E-state index in [1.807, 2.05) is 0 Å². The van der Waals surface area contributed by atoms with Crippen molar-refractivity contribution in [3.63, 3.8) is 0 Å². The Morgan fingerprint density at radius 3 is 2.38 bits per heavy atom. The molecule has 0 bridgehead atoms. The van der Waals surface area contributed by atoms with Crippen molar-refractivity contribution in [1.82, 2.24) is 0 Å². The second-order valence-corrected chi connectivity index (χ2v) is 4.60. The number of benzene rings is 1. The van der Waals surface area contributed by atoms with E-state index in [0.29, 0.717) is 0 Å². The molecule has 0 atom stereocenters. The Morgan fingerprint density at radius 1 is 1.25 bits per heavy atom. The zero-order valence-electron chi connectivity index (χ0n) is 11.1. The number of allylic oxidation sites excluding steroid dienone is 2. The van der Waals surface area contributed by atoms with Crippen LogP contribution in [-0.2, 0) is 0 Å². The molecule has 0 N–H and O–H groups in total. The van der Waals surface area contributed by atoms with Gasteiger partial charge in [0.2, 0.25) is 0 Å². The van der Waals surface area contributed by atoms with Crippen molar-refractivity contribution in [2.24, 2.45) is 0 Å². The zero-order valence-corrected chi connectivity index (χ0v) is 11.1. The molecule has 0 aliphatic carbocycles. The van der Waals surface area contributed by atoms with E-state index >= 15 is 0 Å². The predicted octanol–water partition coefficient (Wildman–Crippen LogP) is 4.98. The summed E-state index contributed by atoms with van der Waals surface area (Å²) < 4.78 is 0. The fraction of sp³-hybridized carbons (Fsp3) is 0.375. The van der Waals surface area contributed by atoms with E-state index < -0.39 is 0 Å². The van der Waals surface area contributed by atoms with E-state index in [2.05, 4.69) is 59.4 Å². The van der Waals surface area contributed by atoms with Crippen molar-refractivity contribution in [2.45, 2.75) is 41.0 Å². The molecule has 0 unspecified atom stereocenters. The van der Waals surface area contributed by atoms with Crippen LogP contribution in [0.3, 0.4) is 0 Å². The standard InChI is InChI=1S/C16H22/c1-7-15(11(2)3)10-16-9-12(4)8-13(5)14(16)6/h8-10H,2,7H2,1,3-6H3. The Bertz CT molecular complexity index is 434. The minimum atomic E-state index is 1.04. The van der Waals surface area contributed by atoms with Crippen LogP contribution >= 0.6 is 0 Å². The summed E-state index contributed by atoms with van der Waals surface area (Å²) in [5.74, 6) is 0. The molecule has 1 aromatic rings. The number of rotatable bonds is 3. The van der Waals surface area contributed by atoms with E-state index in [-0.39, 0.29) is 0 Å². The maximum atomic E-state index is 4.03. The lowest BCUT2D eigenvalue weighted by molar-refractivity contribution is 1.12. The van der Waals surface area contributed by atoms with E-state index in [1.54, 1.807) is 0 Å². The minimum Gasteiger partial charge on any atom is -0.0958 e. The van der Waals surface area contributed by atoms with Gasteiger partial charge in [0.15, 0.2) is 0 Å². The fourth-order valence-electron chi connectivity index (χ4n) is 1.94. The molecule has 1 aromatic carbocycles. The van der Waals surface area contributed by atoms with Crippen molar-refractivity contribution in [3.05, 3.63) is 52.1 Å². The molecule has 0 amide bonds. The lowest BCUT2D eigenvalue weighted by atomic mass is 9.96. The van der Waals surface area contributed by atoms with E-state index in [0.717, 1.165) is 6.42 Å². The number of hydrogen-bond acceptors (Lipinski definition) is 0. The molecular weight excluding hydrogens is 192 g/mol. The van der Waals surface area contributed by atoms with Gasteiger partial charge in [0.05, 0.1) is 0 Å². The van der Waals surface area contributed by atoms with Gasteiger partial charge in [-0.2, -0.15) is 0 Å². The van der Waals surface area contributed by atoms with Gasteiger partial charge in [0.1, 0.15) is 0 Å². The molecule has 0 heterocycles. The summed E-state index contributed by atoms with van der Waals surface area (Å²) in [5, 5.41) is 0. The van der Waals surface area contributed by atoms with Crippen LogP contribution in [0.5, 0.6) is 0 Å². The van der Waals surface area contributed by atoms with Crippen LogP contribution in [0.4, 0.5) is 0 Å². The SMILES string of the molecule is C=C(C)C(=Cc1cc(C)cc(C)c1C)CC. The van der Waals surface area contributed by atoms with E-state index in [4.69, 9.17) is 0 Å². The first kappa shape index (κ1) is 12.8. The average Bonchev–Trinajstić information content (AvgIpc) is 2.20. The van der Waals surface area contributed by atoms with Crippen molar-refractivity contribution in [3.8, 4) is 0 Å². The third kappa shape index (κ3) is 2.85. The molecule has 1 rings (SSSR count). The summed E-state index contributed by atoms with van der Waals surface area (Å²) in [7, 11) is 0. The minimum absolute atomic E-state index is 1.04. The summed E-state index contributed by atoms with van der Waals surface area (Å²) in [4.78, 5) is 0. The Hall–Kier alpha value is -1.30. The van der Waals surface area contributed by atoms with Crippen LogP contribution < -0.4 is 0 Å². The topological polar surface area (TPSA) is 0 Å². The van der Waals surface area contributed by atoms with Gasteiger partial charge in [-0.3, -0.25) is 0 Å².